The highest BCUT2D eigenvalue weighted by Crippen LogP contribution is 2.20. The minimum absolute atomic E-state index is 0.102. The summed E-state index contributed by atoms with van der Waals surface area (Å²) in [7, 11) is 0. The predicted molar refractivity (Wildman–Crippen MR) is 127 cm³/mol. The van der Waals surface area contributed by atoms with Crippen molar-refractivity contribution in [2.75, 3.05) is 6.61 Å². The molecule has 7 nitrogen and oxygen atoms in total. The molecule has 2 atom stereocenters. The molecular weight excluding hydrogens is 440 g/mol. The molecule has 0 bridgehead atoms. The average Bonchev–Trinajstić information content (AvgIpc) is 2.85. The molecule has 0 spiro atoms. The van der Waals surface area contributed by atoms with E-state index in [1.54, 1.807) is 19.3 Å². The number of rotatable bonds is 10. The van der Waals surface area contributed by atoms with Crippen LogP contribution in [0.15, 0.2) is 79.1 Å². The molecule has 0 unspecified atom stereocenters. The molecule has 0 radical (unpaired) electrons. The number of carbonyl (C=O) groups excluding carboxylic acids is 2. The molecule has 0 saturated carbocycles. The van der Waals surface area contributed by atoms with E-state index in [0.29, 0.717) is 6.42 Å². The van der Waals surface area contributed by atoms with Crippen LogP contribution in [0.1, 0.15) is 18.1 Å². The van der Waals surface area contributed by atoms with E-state index in [4.69, 9.17) is 13.7 Å². The summed E-state index contributed by atoms with van der Waals surface area (Å²) in [4.78, 5) is 29.0. The highest BCUT2D eigenvalue weighted by molar-refractivity contribution is 7.75. The van der Waals surface area contributed by atoms with Crippen molar-refractivity contribution in [1.29, 1.82) is 0 Å². The van der Waals surface area contributed by atoms with Crippen LogP contribution in [-0.2, 0) is 31.5 Å². The van der Waals surface area contributed by atoms with Gasteiger partial charge in [-0.1, -0.05) is 60.7 Å². The van der Waals surface area contributed by atoms with E-state index in [2.05, 4.69) is 23.2 Å². The Balaban J connectivity index is 1.72. The third kappa shape index (κ3) is 7.34. The Morgan fingerprint density at radius 1 is 0.939 bits per heavy atom. The van der Waals surface area contributed by atoms with Gasteiger partial charge in [0.15, 0.2) is 6.10 Å². The van der Waals surface area contributed by atoms with Crippen LogP contribution in [0.3, 0.4) is 0 Å². The fourth-order valence-electron chi connectivity index (χ4n) is 3.28. The molecule has 1 N–H and O–H groups in total. The van der Waals surface area contributed by atoms with E-state index in [9.17, 15) is 9.59 Å². The Labute approximate surface area is 198 Å². The Hall–Kier alpha value is -3.36. The third-order valence-electron chi connectivity index (χ3n) is 4.92. The van der Waals surface area contributed by atoms with Gasteiger partial charge in [-0.2, -0.15) is 0 Å². The molecule has 2 aromatic carbocycles. The number of esters is 1. The van der Waals surface area contributed by atoms with Crippen molar-refractivity contribution in [2.24, 2.45) is 0 Å². The predicted octanol–water partition coefficient (Wildman–Crippen LogP) is 4.38. The van der Waals surface area contributed by atoms with Gasteiger partial charge in [0.1, 0.15) is 6.61 Å². The topological polar surface area (TPSA) is 86.8 Å². The number of thiol groups is 1. The molecule has 1 amide bonds. The van der Waals surface area contributed by atoms with Crippen molar-refractivity contribution in [3.63, 3.8) is 0 Å². The fourth-order valence-corrected chi connectivity index (χ4v) is 3.51. The number of hydrogen-bond donors (Lipinski definition) is 2. The lowest BCUT2D eigenvalue weighted by Crippen LogP contribution is -2.49. The number of nitrogens with zero attached hydrogens (tertiary/aromatic N) is 1. The summed E-state index contributed by atoms with van der Waals surface area (Å²) in [5, 5.41) is 2.73. The van der Waals surface area contributed by atoms with E-state index >= 15 is 0 Å². The molecule has 0 fully saturated rings. The number of amides is 1. The molecule has 172 valence electrons. The van der Waals surface area contributed by atoms with Crippen LogP contribution in [0.25, 0.3) is 11.1 Å². The second kappa shape index (κ2) is 12.6. The van der Waals surface area contributed by atoms with Crippen molar-refractivity contribution in [1.82, 2.24) is 10.3 Å². The Morgan fingerprint density at radius 3 is 2.33 bits per heavy atom. The van der Waals surface area contributed by atoms with Crippen LogP contribution in [0.5, 0.6) is 0 Å². The zero-order valence-corrected chi connectivity index (χ0v) is 19.1. The van der Waals surface area contributed by atoms with Crippen LogP contribution < -0.4 is 5.32 Å². The minimum atomic E-state index is -1.12. The Morgan fingerprint density at radius 2 is 1.70 bits per heavy atom. The zero-order valence-electron chi connectivity index (χ0n) is 18.2. The smallest absolute Gasteiger partial charge is 0.407 e. The monoisotopic (exact) mass is 466 g/mol. The van der Waals surface area contributed by atoms with Gasteiger partial charge in [-0.3, -0.25) is 4.98 Å². The molecule has 0 saturated heterocycles. The molecular formula is C25H26N2O5S. The van der Waals surface area contributed by atoms with Crippen LogP contribution in [0.2, 0.25) is 0 Å². The molecule has 0 aliphatic rings. The first-order valence-corrected chi connectivity index (χ1v) is 10.9. The zero-order chi connectivity index (χ0) is 23.5. The van der Waals surface area contributed by atoms with Gasteiger partial charge >= 0.3 is 12.1 Å². The Bertz CT molecular complexity index is 1020. The van der Waals surface area contributed by atoms with E-state index in [-0.39, 0.29) is 13.2 Å². The first-order valence-electron chi connectivity index (χ1n) is 10.5. The summed E-state index contributed by atoms with van der Waals surface area (Å²) < 4.78 is 15.5. The summed E-state index contributed by atoms with van der Waals surface area (Å²) in [6.07, 6.45) is 2.02. The first kappa shape index (κ1) is 24.3. The van der Waals surface area contributed by atoms with E-state index in [1.807, 2.05) is 66.7 Å². The summed E-state index contributed by atoms with van der Waals surface area (Å²) >= 11 is 3.85. The molecule has 3 aromatic rings. The average molecular weight is 467 g/mol. The van der Waals surface area contributed by atoms with Gasteiger partial charge in [0, 0.05) is 12.4 Å². The van der Waals surface area contributed by atoms with Crippen LogP contribution >= 0.6 is 12.9 Å². The highest BCUT2D eigenvalue weighted by Gasteiger charge is 2.32. The van der Waals surface area contributed by atoms with Gasteiger partial charge in [-0.25, -0.2) is 9.59 Å². The fraction of sp³-hybridized carbons (Fsp3) is 0.240. The summed E-state index contributed by atoms with van der Waals surface area (Å²) in [6.45, 7) is 1.98. The number of benzene rings is 2. The maximum Gasteiger partial charge on any atom is 0.407 e. The maximum atomic E-state index is 12.5. The van der Waals surface area contributed by atoms with Gasteiger partial charge in [-0.05, 0) is 54.6 Å². The van der Waals surface area contributed by atoms with Crippen LogP contribution in [0.4, 0.5) is 4.79 Å². The van der Waals surface area contributed by atoms with Crippen LogP contribution in [-0.4, -0.2) is 35.8 Å². The summed E-state index contributed by atoms with van der Waals surface area (Å²) in [5.74, 6) is -0.618. The van der Waals surface area contributed by atoms with Gasteiger partial charge in [0.05, 0.1) is 12.6 Å². The SMILES string of the molecule is CCOC(=O)[C@@H](OS)[C@@H](Cc1ccc(-c2cccnc2)cc1)NC(=O)OCc1ccccc1. The van der Waals surface area contributed by atoms with E-state index < -0.39 is 24.2 Å². The summed E-state index contributed by atoms with van der Waals surface area (Å²) in [5.41, 5.74) is 3.73. The molecule has 0 aliphatic heterocycles. The van der Waals surface area contributed by atoms with Gasteiger partial charge < -0.3 is 19.0 Å². The van der Waals surface area contributed by atoms with Crippen molar-refractivity contribution in [3.8, 4) is 11.1 Å². The highest BCUT2D eigenvalue weighted by atomic mass is 32.1. The van der Waals surface area contributed by atoms with E-state index in [1.165, 1.54) is 0 Å². The summed E-state index contributed by atoms with van der Waals surface area (Å²) in [6, 6.07) is 20.2. The van der Waals surface area contributed by atoms with Gasteiger partial charge in [-0.15, -0.1) is 0 Å². The van der Waals surface area contributed by atoms with Gasteiger partial charge in [0.25, 0.3) is 0 Å². The number of carbonyl (C=O) groups is 2. The first-order chi connectivity index (χ1) is 16.1. The lowest BCUT2D eigenvalue weighted by molar-refractivity contribution is -0.152. The largest absolute Gasteiger partial charge is 0.464 e. The molecule has 33 heavy (non-hydrogen) atoms. The second-order valence-electron chi connectivity index (χ2n) is 7.23. The quantitative estimate of drug-likeness (QED) is 0.262. The van der Waals surface area contributed by atoms with Crippen LogP contribution in [0, 0.1) is 0 Å². The number of pyridine rings is 1. The Kier molecular flexibility index (Phi) is 9.29. The molecule has 3 rings (SSSR count). The second-order valence-corrected chi connectivity index (χ2v) is 7.44. The number of nitrogens with one attached hydrogen (secondary N) is 1. The third-order valence-corrected chi connectivity index (χ3v) is 5.15. The van der Waals surface area contributed by atoms with Crippen molar-refractivity contribution in [2.45, 2.75) is 32.1 Å². The molecule has 1 aromatic heterocycles. The molecule has 8 heteroatoms. The number of hydrogen-bond acceptors (Lipinski definition) is 7. The minimum Gasteiger partial charge on any atom is -0.464 e. The van der Waals surface area contributed by atoms with E-state index in [0.717, 1.165) is 22.3 Å². The lowest BCUT2D eigenvalue weighted by atomic mass is 9.99. The van der Waals surface area contributed by atoms with Gasteiger partial charge in [0.2, 0.25) is 0 Å². The molecule has 0 aliphatic carbocycles. The lowest BCUT2D eigenvalue weighted by Gasteiger charge is -2.24. The van der Waals surface area contributed by atoms with Crippen molar-refractivity contribution < 1.29 is 23.2 Å². The number of aromatic nitrogens is 1. The number of ether oxygens (including phenoxy) is 2. The normalized spacial score (nSPS) is 12.4. The molecule has 1 heterocycles. The standard InChI is InChI=1S/C25H26N2O5S/c1-2-30-24(28)23(32-33)22(27-25(29)31-17-19-7-4-3-5-8-19)15-18-10-12-20(13-11-18)21-9-6-14-26-16-21/h3-14,16,22-23,33H,2,15,17H2,1H3,(H,27,29)/t22-,23+/m1/s1. The number of alkyl carbamates (subject to hydrolysis) is 1. The maximum absolute atomic E-state index is 12.5. The van der Waals surface area contributed by atoms with Crippen molar-refractivity contribution in [3.05, 3.63) is 90.3 Å². The van der Waals surface area contributed by atoms with Crippen molar-refractivity contribution >= 4 is 25.0 Å².